The molecule has 0 fully saturated rings. The fourth-order valence-corrected chi connectivity index (χ4v) is 2.30. The Balaban J connectivity index is 2.06. The van der Waals surface area contributed by atoms with Crippen LogP contribution in [0.15, 0.2) is 30.3 Å². The van der Waals surface area contributed by atoms with E-state index in [0.717, 1.165) is 24.2 Å². The summed E-state index contributed by atoms with van der Waals surface area (Å²) in [5, 5.41) is 12.5. The molecule has 1 aromatic carbocycles. The molecule has 0 atom stereocenters. The molecule has 0 aliphatic carbocycles. The summed E-state index contributed by atoms with van der Waals surface area (Å²) in [6.45, 7) is 6.75. The molecule has 1 N–H and O–H groups in total. The van der Waals surface area contributed by atoms with Crippen LogP contribution in [0.2, 0.25) is 0 Å². The van der Waals surface area contributed by atoms with E-state index in [4.69, 9.17) is 0 Å². The number of rotatable bonds is 4. The van der Waals surface area contributed by atoms with E-state index in [0.29, 0.717) is 11.4 Å². The second-order valence-corrected chi connectivity index (χ2v) is 5.08. The summed E-state index contributed by atoms with van der Waals surface area (Å²) >= 11 is 0. The molecule has 3 nitrogen and oxygen atoms in total. The fourth-order valence-electron chi connectivity index (χ4n) is 2.30. The normalized spacial score (nSPS) is 10.1. The number of anilines is 1. The maximum atomic E-state index is 9.21. The number of nitriles is 1. The number of nitrogens with zero attached hydrogens (tertiary/aromatic N) is 2. The first-order chi connectivity index (χ1) is 9.60. The highest BCUT2D eigenvalue weighted by Crippen LogP contribution is 2.17. The van der Waals surface area contributed by atoms with Crippen molar-refractivity contribution in [2.45, 2.75) is 27.2 Å². The van der Waals surface area contributed by atoms with Gasteiger partial charge in [0, 0.05) is 12.2 Å². The minimum Gasteiger partial charge on any atom is -0.369 e. The third-order valence-electron chi connectivity index (χ3n) is 3.25. The Morgan fingerprint density at radius 3 is 2.70 bits per heavy atom. The first-order valence-electron chi connectivity index (χ1n) is 6.78. The zero-order chi connectivity index (χ0) is 14.5. The van der Waals surface area contributed by atoms with E-state index >= 15 is 0 Å². The van der Waals surface area contributed by atoms with E-state index in [2.05, 4.69) is 47.6 Å². The van der Waals surface area contributed by atoms with Gasteiger partial charge in [0.05, 0.1) is 5.56 Å². The molecule has 102 valence electrons. The number of pyridine rings is 1. The van der Waals surface area contributed by atoms with Crippen LogP contribution < -0.4 is 5.32 Å². The molecule has 0 amide bonds. The van der Waals surface area contributed by atoms with Gasteiger partial charge in [-0.05, 0) is 44.4 Å². The zero-order valence-corrected chi connectivity index (χ0v) is 12.2. The number of nitrogens with one attached hydrogen (secondary N) is 1. The van der Waals surface area contributed by atoms with Crippen molar-refractivity contribution in [3.63, 3.8) is 0 Å². The molecule has 1 heterocycles. The highest BCUT2D eigenvalue weighted by Gasteiger charge is 2.07. The van der Waals surface area contributed by atoms with Gasteiger partial charge >= 0.3 is 0 Å². The molecule has 0 radical (unpaired) electrons. The Bertz CT molecular complexity index is 654. The molecule has 1 aromatic heterocycles. The fraction of sp³-hybridized carbons (Fsp3) is 0.294. The van der Waals surface area contributed by atoms with Crippen LogP contribution in [0, 0.1) is 32.1 Å². The van der Waals surface area contributed by atoms with Crippen molar-refractivity contribution in [3.8, 4) is 6.07 Å². The van der Waals surface area contributed by atoms with Crippen LogP contribution in [0.25, 0.3) is 0 Å². The van der Waals surface area contributed by atoms with Crippen LogP contribution in [0.3, 0.4) is 0 Å². The molecule has 0 aliphatic heterocycles. The molecular weight excluding hydrogens is 246 g/mol. The standard InChI is InChI=1S/C17H19N3/c1-12-5-4-6-15(9-12)7-8-19-17-16(11-18)13(2)10-14(3)20-17/h4-6,9-10H,7-8H2,1-3H3,(H,19,20). The lowest BCUT2D eigenvalue weighted by Gasteiger charge is -2.10. The molecule has 2 aromatic rings. The van der Waals surface area contributed by atoms with Crippen molar-refractivity contribution in [3.05, 3.63) is 58.3 Å². The summed E-state index contributed by atoms with van der Waals surface area (Å²) in [6.07, 6.45) is 0.918. The summed E-state index contributed by atoms with van der Waals surface area (Å²) in [4.78, 5) is 4.42. The minimum atomic E-state index is 0.639. The van der Waals surface area contributed by atoms with Gasteiger partial charge in [0.25, 0.3) is 0 Å². The second-order valence-electron chi connectivity index (χ2n) is 5.08. The average molecular weight is 265 g/mol. The molecular formula is C17H19N3. The predicted molar refractivity (Wildman–Crippen MR) is 81.8 cm³/mol. The third-order valence-corrected chi connectivity index (χ3v) is 3.25. The molecule has 0 saturated carbocycles. The van der Waals surface area contributed by atoms with Crippen molar-refractivity contribution in [1.82, 2.24) is 4.98 Å². The monoisotopic (exact) mass is 265 g/mol. The summed E-state index contributed by atoms with van der Waals surface area (Å²) in [7, 11) is 0. The molecule has 20 heavy (non-hydrogen) atoms. The summed E-state index contributed by atoms with van der Waals surface area (Å²) in [5.74, 6) is 0.692. The quantitative estimate of drug-likeness (QED) is 0.920. The molecule has 0 spiro atoms. The molecule has 0 bridgehead atoms. The van der Waals surface area contributed by atoms with Gasteiger partial charge in [0.1, 0.15) is 11.9 Å². The second kappa shape index (κ2) is 6.21. The summed E-state index contributed by atoms with van der Waals surface area (Å²) < 4.78 is 0. The van der Waals surface area contributed by atoms with Crippen LogP contribution in [0.5, 0.6) is 0 Å². The SMILES string of the molecule is Cc1cccc(CCNc2nc(C)cc(C)c2C#N)c1. The van der Waals surface area contributed by atoms with Gasteiger partial charge in [-0.1, -0.05) is 29.8 Å². The van der Waals surface area contributed by atoms with Gasteiger partial charge in [0.15, 0.2) is 0 Å². The average Bonchev–Trinajstić information content (AvgIpc) is 2.38. The third kappa shape index (κ3) is 3.36. The first-order valence-corrected chi connectivity index (χ1v) is 6.78. The van der Waals surface area contributed by atoms with Crippen molar-refractivity contribution in [2.24, 2.45) is 0 Å². The number of aromatic nitrogens is 1. The van der Waals surface area contributed by atoms with E-state index < -0.39 is 0 Å². The van der Waals surface area contributed by atoms with E-state index in [1.165, 1.54) is 11.1 Å². The van der Waals surface area contributed by atoms with Gasteiger partial charge in [-0.15, -0.1) is 0 Å². The van der Waals surface area contributed by atoms with E-state index in [1.54, 1.807) is 0 Å². The Morgan fingerprint density at radius 2 is 2.00 bits per heavy atom. The lowest BCUT2D eigenvalue weighted by atomic mass is 10.1. The number of benzene rings is 1. The molecule has 3 heteroatoms. The molecule has 0 saturated heterocycles. The van der Waals surface area contributed by atoms with Crippen molar-refractivity contribution < 1.29 is 0 Å². The Hall–Kier alpha value is -2.34. The predicted octanol–water partition coefficient (Wildman–Crippen LogP) is 3.53. The van der Waals surface area contributed by atoms with Gasteiger partial charge in [-0.25, -0.2) is 4.98 Å². The van der Waals surface area contributed by atoms with E-state index in [9.17, 15) is 5.26 Å². The largest absolute Gasteiger partial charge is 0.369 e. The maximum Gasteiger partial charge on any atom is 0.144 e. The van der Waals surface area contributed by atoms with Crippen LogP contribution in [-0.2, 0) is 6.42 Å². The molecule has 0 unspecified atom stereocenters. The maximum absolute atomic E-state index is 9.21. The van der Waals surface area contributed by atoms with Crippen LogP contribution in [-0.4, -0.2) is 11.5 Å². The smallest absolute Gasteiger partial charge is 0.144 e. The van der Waals surface area contributed by atoms with Gasteiger partial charge in [0.2, 0.25) is 0 Å². The Labute approximate surface area is 120 Å². The highest BCUT2D eigenvalue weighted by molar-refractivity contribution is 5.56. The van der Waals surface area contributed by atoms with Crippen molar-refractivity contribution in [2.75, 3.05) is 11.9 Å². The van der Waals surface area contributed by atoms with E-state index in [-0.39, 0.29) is 0 Å². The molecule has 2 rings (SSSR count). The Morgan fingerprint density at radius 1 is 1.20 bits per heavy atom. The van der Waals surface area contributed by atoms with Crippen LogP contribution >= 0.6 is 0 Å². The van der Waals surface area contributed by atoms with Crippen LogP contribution in [0.1, 0.15) is 27.9 Å². The Kier molecular flexibility index (Phi) is 4.37. The van der Waals surface area contributed by atoms with Gasteiger partial charge < -0.3 is 5.32 Å². The van der Waals surface area contributed by atoms with Crippen LogP contribution in [0.4, 0.5) is 5.82 Å². The summed E-state index contributed by atoms with van der Waals surface area (Å²) in [5.41, 5.74) is 5.10. The minimum absolute atomic E-state index is 0.639. The number of aryl methyl sites for hydroxylation is 3. The van der Waals surface area contributed by atoms with Crippen molar-refractivity contribution in [1.29, 1.82) is 5.26 Å². The van der Waals surface area contributed by atoms with E-state index in [1.807, 2.05) is 19.9 Å². The highest BCUT2D eigenvalue weighted by atomic mass is 15.0. The number of hydrogen-bond acceptors (Lipinski definition) is 3. The topological polar surface area (TPSA) is 48.7 Å². The first kappa shape index (κ1) is 14.1. The lowest BCUT2D eigenvalue weighted by Crippen LogP contribution is -2.09. The van der Waals surface area contributed by atoms with Crippen molar-refractivity contribution >= 4 is 5.82 Å². The lowest BCUT2D eigenvalue weighted by molar-refractivity contribution is 0.994. The van der Waals surface area contributed by atoms with Gasteiger partial charge in [-0.3, -0.25) is 0 Å². The summed E-state index contributed by atoms with van der Waals surface area (Å²) in [6, 6.07) is 12.6. The molecule has 0 aliphatic rings. The number of hydrogen-bond donors (Lipinski definition) is 1. The van der Waals surface area contributed by atoms with Gasteiger partial charge in [-0.2, -0.15) is 5.26 Å². The zero-order valence-electron chi connectivity index (χ0n) is 12.2.